The summed E-state index contributed by atoms with van der Waals surface area (Å²) < 4.78 is 59.4. The van der Waals surface area contributed by atoms with Crippen LogP contribution < -0.4 is 19.5 Å². The van der Waals surface area contributed by atoms with E-state index in [0.717, 1.165) is 23.1 Å². The van der Waals surface area contributed by atoms with Gasteiger partial charge >= 0.3 is 6.18 Å². The van der Waals surface area contributed by atoms with Crippen molar-refractivity contribution in [3.63, 3.8) is 0 Å². The summed E-state index contributed by atoms with van der Waals surface area (Å²) in [7, 11) is 18.9. The van der Waals surface area contributed by atoms with Crippen LogP contribution in [-0.4, -0.2) is 72.8 Å². The molecular formula is C27H23B3F3N7O3. The number of rotatable bonds is 4. The third-order valence-electron chi connectivity index (χ3n) is 6.97. The molecule has 1 atom stereocenters. The average molecular weight is 583 g/mol. The van der Waals surface area contributed by atoms with E-state index < -0.39 is 23.2 Å². The summed E-state index contributed by atoms with van der Waals surface area (Å²) in [6.07, 6.45) is 0.381. The molecule has 1 aromatic carbocycles. The zero-order chi connectivity index (χ0) is 30.5. The number of anilines is 1. The molecule has 6 rings (SSSR count). The second kappa shape index (κ2) is 10.8. The quantitative estimate of drug-likeness (QED) is 0.361. The Balaban J connectivity index is 1.43. The zero-order valence-electron chi connectivity index (χ0n) is 23.2. The Hall–Kier alpha value is -4.23. The molecule has 0 spiro atoms. The fourth-order valence-corrected chi connectivity index (χ4v) is 4.73. The van der Waals surface area contributed by atoms with Crippen LogP contribution >= 0.6 is 0 Å². The van der Waals surface area contributed by atoms with Crippen LogP contribution in [0.4, 0.5) is 19.0 Å². The third kappa shape index (κ3) is 5.87. The average Bonchev–Trinajstić information content (AvgIpc) is 3.69. The maximum absolute atomic E-state index is 13.5. The van der Waals surface area contributed by atoms with Crippen LogP contribution in [0.25, 0.3) is 22.8 Å². The highest BCUT2D eigenvalue weighted by atomic mass is 19.4. The topological polar surface area (TPSA) is 109 Å². The third-order valence-corrected chi connectivity index (χ3v) is 6.97. The molecule has 2 bridgehead atoms. The predicted octanol–water partition coefficient (Wildman–Crippen LogP) is 3.55. The summed E-state index contributed by atoms with van der Waals surface area (Å²) >= 11 is 0. The van der Waals surface area contributed by atoms with Crippen molar-refractivity contribution < 1.29 is 27.4 Å². The molecule has 4 heterocycles. The number of imidazole rings is 1. The lowest BCUT2D eigenvalue weighted by atomic mass is 9.49. The van der Waals surface area contributed by atoms with E-state index in [1.54, 1.807) is 31.3 Å². The summed E-state index contributed by atoms with van der Waals surface area (Å²) in [4.78, 5) is 21.9. The molecule has 43 heavy (non-hydrogen) atoms. The van der Waals surface area contributed by atoms with Gasteiger partial charge in [0.05, 0.1) is 42.5 Å². The van der Waals surface area contributed by atoms with Crippen molar-refractivity contribution in [2.24, 2.45) is 0 Å². The van der Waals surface area contributed by atoms with E-state index in [0.29, 0.717) is 46.3 Å². The second-order valence-electron chi connectivity index (χ2n) is 10.4. The van der Waals surface area contributed by atoms with Gasteiger partial charge in [-0.3, -0.25) is 0 Å². The van der Waals surface area contributed by atoms with Crippen LogP contribution in [0, 0.1) is 0 Å². The van der Waals surface area contributed by atoms with Gasteiger partial charge in [0, 0.05) is 29.8 Å². The summed E-state index contributed by atoms with van der Waals surface area (Å²) in [5.41, 5.74) is 1.11. The lowest BCUT2D eigenvalue weighted by molar-refractivity contribution is -0.140. The minimum atomic E-state index is -4.75. The minimum Gasteiger partial charge on any atom is -0.491 e. The van der Waals surface area contributed by atoms with Gasteiger partial charge in [0.25, 0.3) is 0 Å². The van der Waals surface area contributed by atoms with Crippen molar-refractivity contribution in [2.45, 2.75) is 49.7 Å². The molecule has 3 aromatic heterocycles. The van der Waals surface area contributed by atoms with Crippen LogP contribution in [0.1, 0.15) is 42.6 Å². The van der Waals surface area contributed by atoms with Crippen LogP contribution in [0.15, 0.2) is 36.9 Å². The number of fused-ring (bicyclic) bond motifs is 5. The molecule has 10 nitrogen and oxygen atoms in total. The summed E-state index contributed by atoms with van der Waals surface area (Å²) in [6.45, 7) is 2.08. The Kier molecular flexibility index (Phi) is 7.25. The maximum atomic E-state index is 13.5. The molecule has 214 valence electrons. The molecule has 2 aliphatic rings. The van der Waals surface area contributed by atoms with E-state index >= 15 is 0 Å². The van der Waals surface area contributed by atoms with Gasteiger partial charge in [0.15, 0.2) is 23.1 Å². The number of methoxy groups -OCH3 is 1. The smallest absolute Gasteiger partial charge is 0.434 e. The fourth-order valence-electron chi connectivity index (χ4n) is 4.73. The number of nitrogens with one attached hydrogen (secondary N) is 1. The van der Waals surface area contributed by atoms with E-state index in [1.165, 1.54) is 13.4 Å². The number of benzene rings is 1. The molecule has 1 N–H and O–H groups in total. The molecule has 0 saturated heterocycles. The van der Waals surface area contributed by atoms with E-state index in [2.05, 4.69) is 25.3 Å². The van der Waals surface area contributed by atoms with Crippen molar-refractivity contribution in [3.8, 4) is 40.2 Å². The predicted molar refractivity (Wildman–Crippen MR) is 152 cm³/mol. The minimum absolute atomic E-state index is 0.0819. The van der Waals surface area contributed by atoms with Crippen molar-refractivity contribution >= 4 is 29.4 Å². The van der Waals surface area contributed by atoms with E-state index in [4.69, 9.17) is 42.7 Å². The monoisotopic (exact) mass is 583 g/mol. The molecule has 4 aromatic rings. The number of aromatic nitrogens is 6. The van der Waals surface area contributed by atoms with E-state index in [-0.39, 0.29) is 30.5 Å². The molecule has 0 amide bonds. The lowest BCUT2D eigenvalue weighted by Gasteiger charge is -2.25. The molecule has 6 radical (unpaired) electrons. The number of ether oxygens (including phenoxy) is 3. The van der Waals surface area contributed by atoms with Gasteiger partial charge < -0.3 is 24.1 Å². The standard InChI is InChI=1S/C27H23B3F3N7O3/c1-13-11-42-25-20(21(14-3-4-14)36-12-37-25)23-35-9-18(41-2)22(39-23)34-8-16-6-5-15(7-17(16)43-13)24-38-19(26(31,32)33)10-40(24)27(28,29)30/h5-7,9-10,12-14H,3-4,8,11H2,1-2H3,(H,34,35,39). The van der Waals surface area contributed by atoms with Crippen molar-refractivity contribution in [2.75, 3.05) is 19.0 Å². The zero-order valence-corrected chi connectivity index (χ0v) is 23.2. The highest BCUT2D eigenvalue weighted by Crippen LogP contribution is 2.45. The van der Waals surface area contributed by atoms with Crippen LogP contribution in [0.5, 0.6) is 17.4 Å². The Labute approximate surface area is 249 Å². The van der Waals surface area contributed by atoms with E-state index in [1.807, 2.05) is 0 Å². The maximum Gasteiger partial charge on any atom is 0.434 e. The van der Waals surface area contributed by atoms with Crippen molar-refractivity contribution in [1.82, 2.24) is 29.5 Å². The highest BCUT2D eigenvalue weighted by molar-refractivity contribution is 6.56. The number of halogens is 3. The molecule has 1 unspecified atom stereocenters. The van der Waals surface area contributed by atoms with Gasteiger partial charge in [0.2, 0.25) is 5.88 Å². The van der Waals surface area contributed by atoms with Crippen molar-refractivity contribution in [3.05, 3.63) is 53.9 Å². The SMILES string of the molecule is [B]C([B])([B])n1cc(C(F)(F)F)nc1-c1ccc2c(c1)OC(C)COc1ncnc(C3CC3)c1-c1ncc(OC)c(n1)NC2. The first kappa shape index (κ1) is 28.9. The highest BCUT2D eigenvalue weighted by Gasteiger charge is 2.36. The first-order valence-corrected chi connectivity index (χ1v) is 13.4. The Bertz CT molecular complexity index is 1680. The number of nitrogens with zero attached hydrogens (tertiary/aromatic N) is 6. The van der Waals surface area contributed by atoms with Gasteiger partial charge in [-0.15, -0.1) is 0 Å². The number of hydrogen-bond donors (Lipinski definition) is 1. The van der Waals surface area contributed by atoms with Crippen LogP contribution in [0.2, 0.25) is 0 Å². The molecule has 16 heteroatoms. The molecule has 1 saturated carbocycles. The first-order valence-electron chi connectivity index (χ1n) is 13.4. The van der Waals surface area contributed by atoms with E-state index in [9.17, 15) is 13.2 Å². The molecule has 1 fully saturated rings. The Morgan fingerprint density at radius 3 is 2.58 bits per heavy atom. The first-order chi connectivity index (χ1) is 20.4. The number of alkyl halides is 3. The Morgan fingerprint density at radius 2 is 1.88 bits per heavy atom. The lowest BCUT2D eigenvalue weighted by Crippen LogP contribution is -2.35. The normalized spacial score (nSPS) is 17.1. The van der Waals surface area contributed by atoms with Gasteiger partial charge in [-0.05, 0) is 25.8 Å². The Morgan fingerprint density at radius 1 is 1.09 bits per heavy atom. The number of hydrogen-bond acceptors (Lipinski definition) is 9. The second-order valence-corrected chi connectivity index (χ2v) is 10.4. The van der Waals surface area contributed by atoms with Gasteiger partial charge in [-0.2, -0.15) is 13.2 Å². The molecular weight excluding hydrogens is 560 g/mol. The van der Waals surface area contributed by atoms with Crippen molar-refractivity contribution in [1.29, 1.82) is 0 Å². The summed E-state index contributed by atoms with van der Waals surface area (Å²) in [6, 6.07) is 4.80. The van der Waals surface area contributed by atoms with Gasteiger partial charge in [0.1, 0.15) is 36.2 Å². The van der Waals surface area contributed by atoms with Crippen LogP contribution in [0.3, 0.4) is 0 Å². The molecule has 1 aliphatic heterocycles. The van der Waals surface area contributed by atoms with Gasteiger partial charge in [-0.1, -0.05) is 17.4 Å². The molecule has 1 aliphatic carbocycles. The van der Waals surface area contributed by atoms with Gasteiger partial charge in [-0.25, -0.2) is 24.9 Å². The van der Waals surface area contributed by atoms with Crippen LogP contribution in [-0.2, 0) is 18.0 Å². The fraction of sp³-hybridized carbons (Fsp3) is 0.370. The largest absolute Gasteiger partial charge is 0.491 e. The summed E-state index contributed by atoms with van der Waals surface area (Å²) in [5.74, 6) is 1.89. The summed E-state index contributed by atoms with van der Waals surface area (Å²) in [5, 5.41) is 1.11.